The van der Waals surface area contributed by atoms with Gasteiger partial charge in [0.1, 0.15) is 5.58 Å². The molecule has 0 spiro atoms. The lowest BCUT2D eigenvalue weighted by molar-refractivity contribution is 0.332. The third kappa shape index (κ3) is 6.05. The Morgan fingerprint density at radius 3 is 1.80 bits per heavy atom. The molecule has 64 heavy (non-hydrogen) atoms. The fourth-order valence-corrected chi connectivity index (χ4v) is 12.7. The number of rotatable bonds is 2. The molecule has 0 amide bonds. The third-order valence-corrected chi connectivity index (χ3v) is 16.4. The molecule has 324 valence electrons. The monoisotopic (exact) mass is 858 g/mol. The van der Waals surface area contributed by atoms with E-state index in [-0.39, 0.29) is 33.8 Å². The Balaban J connectivity index is 1.28. The van der Waals surface area contributed by atoms with Crippen LogP contribution in [0, 0.1) is 6.92 Å². The van der Waals surface area contributed by atoms with Crippen LogP contribution < -0.4 is 25.5 Å². The highest BCUT2D eigenvalue weighted by molar-refractivity contribution is 7.33. The van der Waals surface area contributed by atoms with E-state index in [0.29, 0.717) is 0 Å². The minimum Gasteiger partial charge on any atom is -0.454 e. The fourth-order valence-electron chi connectivity index (χ4n) is 11.4. The van der Waals surface area contributed by atoms with E-state index in [2.05, 4.69) is 210 Å². The molecule has 0 N–H and O–H groups in total. The molecule has 6 aromatic carbocycles. The number of furan rings is 1. The van der Waals surface area contributed by atoms with Gasteiger partial charge in [0.25, 0.3) is 6.71 Å². The first kappa shape index (κ1) is 41.4. The quantitative estimate of drug-likeness (QED) is 0.162. The van der Waals surface area contributed by atoms with Gasteiger partial charge >= 0.3 is 0 Å². The molecule has 2 aromatic heterocycles. The van der Waals surface area contributed by atoms with Gasteiger partial charge in [0.2, 0.25) is 0 Å². The van der Waals surface area contributed by atoms with Crippen molar-refractivity contribution in [2.45, 2.75) is 137 Å². The highest BCUT2D eigenvalue weighted by Crippen LogP contribution is 2.53. The van der Waals surface area contributed by atoms with Crippen LogP contribution in [0.5, 0.6) is 0 Å². The van der Waals surface area contributed by atoms with Gasteiger partial charge < -0.3 is 14.2 Å². The standard InChI is InChI=1S/C59H63BN2OS/c1-34-29-47-50-48(30-34)62(45-20-16-18-39-38-17-15-19-41(57(8,9)10)52(38)63-53(39)45)46-33-43-42(58(11,12)27-28-59(43,13)14)32-44(46)60(50)54-51(40-31-36(56(5,6)7)23-26-49(40)64-54)61(47)37-24-21-35(22-25-37)55(2,3)4/h15-26,29-33H,27-28H2,1-14H3. The molecule has 11 rings (SSSR count). The van der Waals surface area contributed by atoms with Gasteiger partial charge in [-0.3, -0.25) is 0 Å². The predicted octanol–water partition coefficient (Wildman–Crippen LogP) is 15.4. The van der Waals surface area contributed by atoms with E-state index in [1.54, 1.807) is 0 Å². The van der Waals surface area contributed by atoms with Crippen LogP contribution >= 0.6 is 11.3 Å². The van der Waals surface area contributed by atoms with Crippen molar-refractivity contribution in [2.24, 2.45) is 0 Å². The predicted molar refractivity (Wildman–Crippen MR) is 279 cm³/mol. The molecule has 8 aromatic rings. The van der Waals surface area contributed by atoms with Crippen LogP contribution in [0.25, 0.3) is 32.0 Å². The maximum atomic E-state index is 7.25. The molecular formula is C59H63BN2OS. The van der Waals surface area contributed by atoms with Crippen LogP contribution in [0.1, 0.15) is 136 Å². The van der Waals surface area contributed by atoms with E-state index in [1.807, 2.05) is 11.3 Å². The number of para-hydroxylation sites is 2. The van der Waals surface area contributed by atoms with Gasteiger partial charge in [-0.25, -0.2) is 0 Å². The normalized spacial score (nSPS) is 16.6. The second-order valence-electron chi connectivity index (χ2n) is 23.8. The van der Waals surface area contributed by atoms with E-state index in [4.69, 9.17) is 4.42 Å². The van der Waals surface area contributed by atoms with Crippen molar-refractivity contribution in [1.29, 1.82) is 0 Å². The number of aryl methyl sites for hydroxylation is 1. The number of benzene rings is 6. The lowest BCUT2D eigenvalue weighted by Crippen LogP contribution is -2.61. The van der Waals surface area contributed by atoms with Crippen molar-refractivity contribution in [1.82, 2.24) is 0 Å². The number of hydrogen-bond acceptors (Lipinski definition) is 4. The van der Waals surface area contributed by atoms with Gasteiger partial charge in [-0.2, -0.15) is 0 Å². The smallest absolute Gasteiger partial charge is 0.264 e. The zero-order valence-corrected chi connectivity index (χ0v) is 41.3. The zero-order valence-electron chi connectivity index (χ0n) is 40.5. The van der Waals surface area contributed by atoms with E-state index in [1.165, 1.54) is 93.0 Å². The van der Waals surface area contributed by atoms with Gasteiger partial charge in [0.05, 0.1) is 11.4 Å². The van der Waals surface area contributed by atoms with Crippen molar-refractivity contribution < 1.29 is 4.42 Å². The van der Waals surface area contributed by atoms with Gasteiger partial charge in [-0.1, -0.05) is 145 Å². The molecule has 0 saturated heterocycles. The van der Waals surface area contributed by atoms with Gasteiger partial charge in [0.15, 0.2) is 5.58 Å². The maximum Gasteiger partial charge on any atom is 0.264 e. The second-order valence-corrected chi connectivity index (χ2v) is 24.9. The van der Waals surface area contributed by atoms with Crippen LogP contribution in [-0.2, 0) is 27.1 Å². The molecule has 5 heteroatoms. The molecule has 3 nitrogen and oxygen atoms in total. The van der Waals surface area contributed by atoms with Crippen molar-refractivity contribution >= 4 is 99.9 Å². The molecule has 2 aliphatic heterocycles. The highest BCUT2D eigenvalue weighted by atomic mass is 32.1. The van der Waals surface area contributed by atoms with Gasteiger partial charge in [0, 0.05) is 53.9 Å². The second kappa shape index (κ2) is 13.4. The molecule has 3 aliphatic rings. The van der Waals surface area contributed by atoms with Crippen molar-refractivity contribution in [3.8, 4) is 0 Å². The number of hydrogen-bond donors (Lipinski definition) is 0. The first-order valence-corrected chi connectivity index (χ1v) is 24.4. The SMILES string of the molecule is Cc1cc2c3c(c1)N(c1cccc4c1oc1c(C(C)(C)C)cccc14)c1cc4c(cc1B3c1sc3ccc(C(C)(C)C)cc3c1N2c1ccc(C(C)(C)C)cc1)C(C)(C)CCC4(C)C. The Morgan fingerprint density at radius 1 is 0.562 bits per heavy atom. The lowest BCUT2D eigenvalue weighted by Gasteiger charge is -2.47. The summed E-state index contributed by atoms with van der Waals surface area (Å²) in [5, 5.41) is 3.67. The Bertz CT molecular complexity index is 3250. The molecule has 0 radical (unpaired) electrons. The molecule has 0 fully saturated rings. The highest BCUT2D eigenvalue weighted by Gasteiger charge is 2.48. The molecule has 0 saturated carbocycles. The summed E-state index contributed by atoms with van der Waals surface area (Å²) in [6.45, 7) is 33.0. The minimum absolute atomic E-state index is 0.0131. The van der Waals surface area contributed by atoms with Crippen molar-refractivity contribution in [2.75, 3.05) is 9.80 Å². The molecular weight excluding hydrogens is 796 g/mol. The topological polar surface area (TPSA) is 19.6 Å². The zero-order chi connectivity index (χ0) is 45.2. The average molecular weight is 859 g/mol. The molecule has 0 atom stereocenters. The third-order valence-electron chi connectivity index (χ3n) is 15.2. The lowest BCUT2D eigenvalue weighted by atomic mass is 9.35. The molecule has 0 unspecified atom stereocenters. The van der Waals surface area contributed by atoms with Crippen LogP contribution in [0.4, 0.5) is 34.1 Å². The maximum absolute atomic E-state index is 7.25. The van der Waals surface area contributed by atoms with Crippen LogP contribution in [0.15, 0.2) is 108 Å². The van der Waals surface area contributed by atoms with Crippen LogP contribution in [0.2, 0.25) is 0 Å². The van der Waals surface area contributed by atoms with Crippen LogP contribution in [0.3, 0.4) is 0 Å². The van der Waals surface area contributed by atoms with Crippen molar-refractivity contribution in [3.05, 3.63) is 137 Å². The number of anilines is 6. The summed E-state index contributed by atoms with van der Waals surface area (Å²) in [5.74, 6) is 0. The Labute approximate surface area is 385 Å². The summed E-state index contributed by atoms with van der Waals surface area (Å²) in [7, 11) is 0. The van der Waals surface area contributed by atoms with E-state index in [9.17, 15) is 0 Å². The summed E-state index contributed by atoms with van der Waals surface area (Å²) in [4.78, 5) is 5.23. The van der Waals surface area contributed by atoms with E-state index < -0.39 is 0 Å². The van der Waals surface area contributed by atoms with Crippen LogP contribution in [-0.4, -0.2) is 6.71 Å². The fraction of sp³-hybridized carbons (Fsp3) is 0.356. The minimum atomic E-state index is -0.0737. The Hall–Kier alpha value is -5.26. The Kier molecular flexibility index (Phi) is 8.69. The molecule has 4 heterocycles. The average Bonchev–Trinajstić information content (AvgIpc) is 3.80. The van der Waals surface area contributed by atoms with E-state index >= 15 is 0 Å². The molecule has 1 aliphatic carbocycles. The summed E-state index contributed by atoms with van der Waals surface area (Å²) < 4.78 is 10.0. The molecule has 0 bridgehead atoms. The number of nitrogens with zero attached hydrogens (tertiary/aromatic N) is 2. The van der Waals surface area contributed by atoms with E-state index in [0.717, 1.165) is 35.1 Å². The summed E-state index contributed by atoms with van der Waals surface area (Å²) in [6.07, 6.45) is 2.32. The van der Waals surface area contributed by atoms with Crippen molar-refractivity contribution in [3.63, 3.8) is 0 Å². The summed E-state index contributed by atoms with van der Waals surface area (Å²) in [6, 6.07) is 40.4. The number of fused-ring (bicyclic) bond motifs is 10. The summed E-state index contributed by atoms with van der Waals surface area (Å²) >= 11 is 2.00. The van der Waals surface area contributed by atoms with Gasteiger partial charge in [-0.05, 0) is 134 Å². The Morgan fingerprint density at radius 2 is 1.16 bits per heavy atom. The largest absolute Gasteiger partial charge is 0.454 e. The van der Waals surface area contributed by atoms with Gasteiger partial charge in [-0.15, -0.1) is 11.3 Å². The number of thiophene rings is 1. The first-order chi connectivity index (χ1) is 30.0. The summed E-state index contributed by atoms with van der Waals surface area (Å²) in [5.41, 5.74) is 20.3. The first-order valence-electron chi connectivity index (χ1n) is 23.6.